The van der Waals surface area contributed by atoms with Crippen molar-refractivity contribution < 1.29 is 9.63 Å². The van der Waals surface area contributed by atoms with Gasteiger partial charge in [0.25, 0.3) is 5.91 Å². The van der Waals surface area contributed by atoms with Crippen LogP contribution in [0.25, 0.3) is 0 Å². The number of benzene rings is 1. The minimum atomic E-state index is -0.578. The van der Waals surface area contributed by atoms with Gasteiger partial charge in [0.15, 0.2) is 0 Å². The predicted octanol–water partition coefficient (Wildman–Crippen LogP) is 1.99. The molecule has 22 heavy (non-hydrogen) atoms. The first-order valence-corrected chi connectivity index (χ1v) is 7.65. The fourth-order valence-electron chi connectivity index (χ4n) is 2.22. The van der Waals surface area contributed by atoms with Crippen LogP contribution in [0.4, 0.5) is 0 Å². The largest absolute Gasteiger partial charge is 0.382 e. The van der Waals surface area contributed by atoms with Gasteiger partial charge in [0, 0.05) is 41.8 Å². The van der Waals surface area contributed by atoms with Crippen LogP contribution >= 0.6 is 15.9 Å². The first-order chi connectivity index (χ1) is 10.6. The zero-order valence-corrected chi connectivity index (χ0v) is 13.6. The highest BCUT2D eigenvalue weighted by Gasteiger charge is 2.28. The second kappa shape index (κ2) is 6.31. The number of oxime groups is 1. The van der Waals surface area contributed by atoms with E-state index in [1.165, 1.54) is 0 Å². The Labute approximate surface area is 136 Å². The quantitative estimate of drug-likeness (QED) is 0.904. The third kappa shape index (κ3) is 3.36. The third-order valence-corrected chi connectivity index (χ3v) is 3.84. The maximum atomic E-state index is 12.1. The summed E-state index contributed by atoms with van der Waals surface area (Å²) in [6.45, 7) is 0.429. The molecule has 114 valence electrons. The second-order valence-corrected chi connectivity index (χ2v) is 6.00. The van der Waals surface area contributed by atoms with Crippen molar-refractivity contribution in [3.63, 3.8) is 0 Å². The maximum absolute atomic E-state index is 12.1. The number of rotatable bonds is 4. The minimum absolute atomic E-state index is 0.169. The average Bonchev–Trinajstić information content (AvgIpc) is 3.14. The number of aryl methyl sites for hydroxylation is 1. The summed E-state index contributed by atoms with van der Waals surface area (Å²) < 4.78 is 2.67. The summed E-state index contributed by atoms with van der Waals surface area (Å²) in [7, 11) is 1.84. The number of carbonyl (C=O) groups excluding carboxylic acids is 1. The monoisotopic (exact) mass is 362 g/mol. The molecule has 0 aliphatic carbocycles. The van der Waals surface area contributed by atoms with Crippen LogP contribution in [0.3, 0.4) is 0 Å². The van der Waals surface area contributed by atoms with E-state index in [9.17, 15) is 4.79 Å². The minimum Gasteiger partial charge on any atom is -0.382 e. The summed E-state index contributed by atoms with van der Waals surface area (Å²) in [6.07, 6.45) is 3.47. The topological polar surface area (TPSA) is 68.5 Å². The molecule has 1 unspecified atom stereocenters. The molecule has 0 bridgehead atoms. The third-order valence-electron chi connectivity index (χ3n) is 3.34. The van der Waals surface area contributed by atoms with E-state index in [1.54, 1.807) is 10.9 Å². The Morgan fingerprint density at radius 3 is 3.14 bits per heavy atom. The summed E-state index contributed by atoms with van der Waals surface area (Å²) in [4.78, 5) is 17.4. The van der Waals surface area contributed by atoms with Crippen LogP contribution in [-0.4, -0.2) is 27.5 Å². The molecule has 0 saturated heterocycles. The van der Waals surface area contributed by atoms with Gasteiger partial charge in [-0.15, -0.1) is 0 Å². The number of hydrogen-bond donors (Lipinski definition) is 1. The number of carbonyl (C=O) groups is 1. The van der Waals surface area contributed by atoms with Gasteiger partial charge in [-0.1, -0.05) is 33.2 Å². The molecule has 7 heteroatoms. The molecule has 2 heterocycles. The van der Waals surface area contributed by atoms with Crippen LogP contribution in [0.15, 0.2) is 46.3 Å². The van der Waals surface area contributed by atoms with Crippen LogP contribution in [0.1, 0.15) is 17.5 Å². The van der Waals surface area contributed by atoms with Crippen molar-refractivity contribution in [3.8, 4) is 0 Å². The zero-order chi connectivity index (χ0) is 15.5. The second-order valence-electron chi connectivity index (χ2n) is 5.09. The van der Waals surface area contributed by atoms with Crippen molar-refractivity contribution in [3.05, 3.63) is 52.3 Å². The molecule has 6 nitrogen and oxygen atoms in total. The lowest BCUT2D eigenvalue weighted by atomic mass is 10.0. The van der Waals surface area contributed by atoms with E-state index in [4.69, 9.17) is 4.84 Å². The van der Waals surface area contributed by atoms with Gasteiger partial charge < -0.3 is 10.2 Å². The van der Waals surface area contributed by atoms with E-state index in [0.29, 0.717) is 13.0 Å². The molecule has 1 aromatic heterocycles. The summed E-state index contributed by atoms with van der Waals surface area (Å²) in [5.74, 6) is -0.169. The van der Waals surface area contributed by atoms with Crippen molar-refractivity contribution in [2.45, 2.75) is 19.1 Å². The molecule has 1 aliphatic rings. The highest BCUT2D eigenvalue weighted by molar-refractivity contribution is 9.10. The Hall–Kier alpha value is -2.15. The first kappa shape index (κ1) is 14.8. The lowest BCUT2D eigenvalue weighted by Crippen LogP contribution is -2.34. The molecular weight excluding hydrogens is 348 g/mol. The van der Waals surface area contributed by atoms with E-state index in [0.717, 1.165) is 21.3 Å². The van der Waals surface area contributed by atoms with Crippen molar-refractivity contribution in [1.29, 1.82) is 0 Å². The molecule has 1 N–H and O–H groups in total. The Kier molecular flexibility index (Phi) is 4.24. The fourth-order valence-corrected chi connectivity index (χ4v) is 2.62. The van der Waals surface area contributed by atoms with Crippen LogP contribution in [0.2, 0.25) is 0 Å². The van der Waals surface area contributed by atoms with E-state index in [-0.39, 0.29) is 5.91 Å². The molecular formula is C15H15BrN4O2. The Bertz CT molecular complexity index is 726. The van der Waals surface area contributed by atoms with Crippen LogP contribution in [0, 0.1) is 0 Å². The van der Waals surface area contributed by atoms with E-state index in [2.05, 4.69) is 31.5 Å². The molecule has 0 saturated carbocycles. The predicted molar refractivity (Wildman–Crippen MR) is 85.2 cm³/mol. The SMILES string of the molecule is Cn1cc(CNC(=O)C2CC(c3cccc(Br)c3)=NO2)cn1. The van der Waals surface area contributed by atoms with Gasteiger partial charge in [-0.2, -0.15) is 5.10 Å². The van der Waals surface area contributed by atoms with Gasteiger partial charge in [0.05, 0.1) is 11.9 Å². The molecule has 3 rings (SSSR count). The fraction of sp³-hybridized carbons (Fsp3) is 0.267. The highest BCUT2D eigenvalue weighted by Crippen LogP contribution is 2.19. The van der Waals surface area contributed by atoms with Gasteiger partial charge in [0.1, 0.15) is 0 Å². The smallest absolute Gasteiger partial charge is 0.264 e. The lowest BCUT2D eigenvalue weighted by molar-refractivity contribution is -0.131. The van der Waals surface area contributed by atoms with E-state index >= 15 is 0 Å². The molecule has 0 radical (unpaired) electrons. The van der Waals surface area contributed by atoms with E-state index < -0.39 is 6.10 Å². The maximum Gasteiger partial charge on any atom is 0.264 e. The standard InChI is InChI=1S/C15H15BrN4O2/c1-20-9-10(8-18-20)7-17-15(21)14-6-13(19-22-14)11-3-2-4-12(16)5-11/h2-5,8-9,14H,6-7H2,1H3,(H,17,21). The van der Waals surface area contributed by atoms with Gasteiger partial charge in [0.2, 0.25) is 6.10 Å². The summed E-state index contributed by atoms with van der Waals surface area (Å²) in [5, 5.41) is 10.9. The number of hydrogen-bond acceptors (Lipinski definition) is 4. The van der Waals surface area contributed by atoms with E-state index in [1.807, 2.05) is 37.5 Å². The Morgan fingerprint density at radius 2 is 2.41 bits per heavy atom. The van der Waals surface area contributed by atoms with Crippen LogP contribution in [-0.2, 0) is 23.2 Å². The van der Waals surface area contributed by atoms with Crippen molar-refractivity contribution in [2.24, 2.45) is 12.2 Å². The molecule has 0 spiro atoms. The van der Waals surface area contributed by atoms with Crippen molar-refractivity contribution in [2.75, 3.05) is 0 Å². The molecule has 2 aromatic rings. The van der Waals surface area contributed by atoms with Crippen LogP contribution in [0.5, 0.6) is 0 Å². The van der Waals surface area contributed by atoms with Gasteiger partial charge in [-0.05, 0) is 12.1 Å². The lowest BCUT2D eigenvalue weighted by Gasteiger charge is -2.08. The average molecular weight is 363 g/mol. The Morgan fingerprint density at radius 1 is 1.55 bits per heavy atom. The number of amides is 1. The Balaban J connectivity index is 1.56. The normalized spacial score (nSPS) is 17.0. The summed E-state index contributed by atoms with van der Waals surface area (Å²) in [5.41, 5.74) is 2.68. The van der Waals surface area contributed by atoms with Crippen LogP contribution < -0.4 is 5.32 Å². The van der Waals surface area contributed by atoms with Gasteiger partial charge >= 0.3 is 0 Å². The number of aromatic nitrogens is 2. The van der Waals surface area contributed by atoms with Crippen molar-refractivity contribution >= 4 is 27.5 Å². The molecule has 1 amide bonds. The highest BCUT2D eigenvalue weighted by atomic mass is 79.9. The molecule has 0 fully saturated rings. The van der Waals surface area contributed by atoms with Gasteiger partial charge in [-0.25, -0.2) is 0 Å². The number of nitrogens with one attached hydrogen (secondary N) is 1. The van der Waals surface area contributed by atoms with Gasteiger partial charge in [-0.3, -0.25) is 9.48 Å². The number of halogens is 1. The molecule has 1 aromatic carbocycles. The number of nitrogens with zero attached hydrogens (tertiary/aromatic N) is 3. The van der Waals surface area contributed by atoms with Crippen molar-refractivity contribution in [1.82, 2.24) is 15.1 Å². The summed E-state index contributed by atoms with van der Waals surface area (Å²) >= 11 is 3.42. The molecule has 1 atom stereocenters. The first-order valence-electron chi connectivity index (χ1n) is 6.85. The summed E-state index contributed by atoms with van der Waals surface area (Å²) in [6, 6.07) is 7.77. The zero-order valence-electron chi connectivity index (χ0n) is 12.0. The molecule has 1 aliphatic heterocycles.